The zero-order chi connectivity index (χ0) is 14.0. The van der Waals surface area contributed by atoms with Crippen molar-refractivity contribution in [3.05, 3.63) is 49.7 Å². The zero-order valence-electron chi connectivity index (χ0n) is 10.1. The Labute approximate surface area is 123 Å². The first-order valence-corrected chi connectivity index (χ1v) is 6.90. The van der Waals surface area contributed by atoms with E-state index in [-0.39, 0.29) is 10.8 Å². The van der Waals surface area contributed by atoms with E-state index < -0.39 is 4.92 Å². The van der Waals surface area contributed by atoms with Crippen molar-refractivity contribution in [1.29, 1.82) is 0 Å². The highest BCUT2D eigenvalue weighted by Crippen LogP contribution is 2.33. The monoisotopic (exact) mass is 343 g/mol. The third-order valence-electron chi connectivity index (χ3n) is 2.63. The van der Waals surface area contributed by atoms with Gasteiger partial charge >= 0.3 is 5.69 Å². The molecule has 0 N–H and O–H groups in total. The van der Waals surface area contributed by atoms with E-state index in [2.05, 4.69) is 21.0 Å². The number of hydrogen-bond acceptors (Lipinski definition) is 3. The van der Waals surface area contributed by atoms with Gasteiger partial charge in [-0.1, -0.05) is 37.1 Å². The van der Waals surface area contributed by atoms with Crippen molar-refractivity contribution in [2.45, 2.75) is 19.8 Å². The number of para-hydroxylation sites is 1. The topological polar surface area (TPSA) is 61.0 Å². The molecule has 100 valence electrons. The summed E-state index contributed by atoms with van der Waals surface area (Å²) in [5, 5.41) is 15.4. The molecule has 0 bridgehead atoms. The highest BCUT2D eigenvalue weighted by molar-refractivity contribution is 9.10. The number of halogens is 2. The van der Waals surface area contributed by atoms with E-state index in [9.17, 15) is 10.1 Å². The molecule has 0 spiro atoms. The summed E-state index contributed by atoms with van der Waals surface area (Å²) in [6.45, 7) is 1.94. The van der Waals surface area contributed by atoms with Gasteiger partial charge in [-0.2, -0.15) is 5.10 Å². The van der Waals surface area contributed by atoms with Gasteiger partial charge < -0.3 is 0 Å². The molecular formula is C12H11BrClN3O2. The summed E-state index contributed by atoms with van der Waals surface area (Å²) in [5.41, 5.74) is 0.977. The first kappa shape index (κ1) is 14.0. The summed E-state index contributed by atoms with van der Waals surface area (Å²) < 4.78 is 2.17. The number of nitrogens with zero attached hydrogens (tertiary/aromatic N) is 3. The normalized spacial score (nSPS) is 10.7. The number of benzene rings is 1. The molecule has 1 aromatic carbocycles. The summed E-state index contributed by atoms with van der Waals surface area (Å²) in [6, 6.07) is 7.30. The molecule has 2 rings (SSSR count). The van der Waals surface area contributed by atoms with Crippen LogP contribution in [0.1, 0.15) is 19.0 Å². The van der Waals surface area contributed by atoms with Gasteiger partial charge in [0.2, 0.25) is 5.15 Å². The van der Waals surface area contributed by atoms with Crippen LogP contribution in [0.25, 0.3) is 5.69 Å². The lowest BCUT2D eigenvalue weighted by Gasteiger charge is -2.04. The molecule has 19 heavy (non-hydrogen) atoms. The molecule has 1 aromatic heterocycles. The van der Waals surface area contributed by atoms with Gasteiger partial charge in [-0.3, -0.25) is 10.1 Å². The smallest absolute Gasteiger partial charge is 0.258 e. The summed E-state index contributed by atoms with van der Waals surface area (Å²) in [6.07, 6.45) is 1.29. The Bertz CT molecular complexity index is 627. The average molecular weight is 345 g/mol. The van der Waals surface area contributed by atoms with Gasteiger partial charge in [-0.05, 0) is 34.5 Å². The van der Waals surface area contributed by atoms with E-state index in [4.69, 9.17) is 11.6 Å². The van der Waals surface area contributed by atoms with Crippen molar-refractivity contribution in [2.75, 3.05) is 0 Å². The Morgan fingerprint density at radius 1 is 1.47 bits per heavy atom. The Morgan fingerprint density at radius 3 is 2.74 bits per heavy atom. The predicted molar refractivity (Wildman–Crippen MR) is 76.9 cm³/mol. The minimum absolute atomic E-state index is 0.0281. The average Bonchev–Trinajstić information content (AvgIpc) is 2.67. The number of rotatable bonds is 4. The molecule has 0 aliphatic heterocycles. The maximum absolute atomic E-state index is 11.1. The molecule has 2 aromatic rings. The second-order valence-electron chi connectivity index (χ2n) is 3.96. The largest absolute Gasteiger partial charge is 0.329 e. The fraction of sp³-hybridized carbons (Fsp3) is 0.250. The molecule has 0 amide bonds. The van der Waals surface area contributed by atoms with Crippen LogP contribution >= 0.6 is 27.5 Å². The van der Waals surface area contributed by atoms with Gasteiger partial charge in [0.25, 0.3) is 0 Å². The maximum atomic E-state index is 11.1. The van der Waals surface area contributed by atoms with E-state index in [0.29, 0.717) is 17.8 Å². The summed E-state index contributed by atoms with van der Waals surface area (Å²) >= 11 is 9.49. The third kappa shape index (κ3) is 2.64. The fourth-order valence-corrected chi connectivity index (χ4v) is 2.56. The first-order valence-electron chi connectivity index (χ1n) is 5.73. The van der Waals surface area contributed by atoms with Crippen LogP contribution in [0.3, 0.4) is 0 Å². The van der Waals surface area contributed by atoms with Crippen molar-refractivity contribution in [3.8, 4) is 5.69 Å². The standard InChI is InChI=1S/C12H11BrClN3O2/c1-2-5-9-11(17(18)19)12(14)16(15-9)10-7-4-3-6-8(10)13/h3-4,6-7H,2,5H2,1H3. The SMILES string of the molecule is CCCc1nn(-c2ccccc2Br)c(Cl)c1[N+](=O)[O-]. The van der Waals surface area contributed by atoms with E-state index in [1.165, 1.54) is 4.68 Å². The number of hydrogen-bond donors (Lipinski definition) is 0. The molecule has 5 nitrogen and oxygen atoms in total. The fourth-order valence-electron chi connectivity index (χ4n) is 1.80. The van der Waals surface area contributed by atoms with E-state index in [0.717, 1.165) is 10.9 Å². The molecule has 0 unspecified atom stereocenters. The van der Waals surface area contributed by atoms with Gasteiger partial charge in [0.1, 0.15) is 5.69 Å². The van der Waals surface area contributed by atoms with E-state index >= 15 is 0 Å². The van der Waals surface area contributed by atoms with Crippen LogP contribution in [0.15, 0.2) is 28.7 Å². The number of aryl methyl sites for hydroxylation is 1. The second-order valence-corrected chi connectivity index (χ2v) is 5.17. The van der Waals surface area contributed by atoms with Crippen molar-refractivity contribution in [2.24, 2.45) is 0 Å². The summed E-state index contributed by atoms with van der Waals surface area (Å²) in [4.78, 5) is 10.6. The molecule has 0 atom stereocenters. The van der Waals surface area contributed by atoms with Crippen LogP contribution in [0.5, 0.6) is 0 Å². The van der Waals surface area contributed by atoms with E-state index in [1.807, 2.05) is 25.1 Å². The third-order valence-corrected chi connectivity index (χ3v) is 3.64. The minimum atomic E-state index is -0.479. The van der Waals surface area contributed by atoms with Crippen LogP contribution in [0.2, 0.25) is 5.15 Å². The molecule has 0 aliphatic carbocycles. The second kappa shape index (κ2) is 5.71. The molecule has 0 saturated carbocycles. The lowest BCUT2D eigenvalue weighted by molar-refractivity contribution is -0.385. The number of nitro groups is 1. The minimum Gasteiger partial charge on any atom is -0.258 e. The van der Waals surface area contributed by atoms with Gasteiger partial charge in [0.05, 0.1) is 10.6 Å². The van der Waals surface area contributed by atoms with Crippen LogP contribution in [-0.2, 0) is 6.42 Å². The lowest BCUT2D eigenvalue weighted by atomic mass is 10.2. The van der Waals surface area contributed by atoms with Crippen LogP contribution in [0.4, 0.5) is 5.69 Å². The molecule has 7 heteroatoms. The molecule has 0 saturated heterocycles. The molecule has 0 fully saturated rings. The maximum Gasteiger partial charge on any atom is 0.329 e. The highest BCUT2D eigenvalue weighted by atomic mass is 79.9. The van der Waals surface area contributed by atoms with Gasteiger partial charge in [0, 0.05) is 4.47 Å². The molecular weight excluding hydrogens is 334 g/mol. The quantitative estimate of drug-likeness (QED) is 0.618. The Morgan fingerprint density at radius 2 is 2.16 bits per heavy atom. The Kier molecular flexibility index (Phi) is 4.21. The zero-order valence-corrected chi connectivity index (χ0v) is 12.5. The highest BCUT2D eigenvalue weighted by Gasteiger charge is 2.27. The van der Waals surface area contributed by atoms with Crippen LogP contribution < -0.4 is 0 Å². The van der Waals surface area contributed by atoms with Crippen molar-refractivity contribution < 1.29 is 4.92 Å². The van der Waals surface area contributed by atoms with E-state index in [1.54, 1.807) is 6.07 Å². The first-order chi connectivity index (χ1) is 9.06. The van der Waals surface area contributed by atoms with Crippen molar-refractivity contribution in [1.82, 2.24) is 9.78 Å². The molecule has 1 heterocycles. The molecule has 0 aliphatic rings. The number of aromatic nitrogens is 2. The van der Waals surface area contributed by atoms with Crippen molar-refractivity contribution in [3.63, 3.8) is 0 Å². The Balaban J connectivity index is 2.63. The Hall–Kier alpha value is -1.40. The lowest BCUT2D eigenvalue weighted by Crippen LogP contribution is -1.98. The summed E-state index contributed by atoms with van der Waals surface area (Å²) in [5.74, 6) is 0. The van der Waals surface area contributed by atoms with Crippen molar-refractivity contribution >= 4 is 33.2 Å². The van der Waals surface area contributed by atoms with Crippen LogP contribution in [-0.4, -0.2) is 14.7 Å². The van der Waals surface area contributed by atoms with Gasteiger partial charge in [-0.25, -0.2) is 4.68 Å². The van der Waals surface area contributed by atoms with Gasteiger partial charge in [0.15, 0.2) is 0 Å². The van der Waals surface area contributed by atoms with Gasteiger partial charge in [-0.15, -0.1) is 0 Å². The van der Waals surface area contributed by atoms with Crippen LogP contribution in [0, 0.1) is 10.1 Å². The molecule has 0 radical (unpaired) electrons. The predicted octanol–water partition coefficient (Wildman–Crippen LogP) is 4.15. The summed E-state index contributed by atoms with van der Waals surface area (Å²) in [7, 11) is 0.